The Morgan fingerprint density at radius 3 is 2.60 bits per heavy atom. The molecule has 0 aliphatic carbocycles. The zero-order chi connectivity index (χ0) is 14.8. The fourth-order valence-corrected chi connectivity index (χ4v) is 1.61. The van der Waals surface area contributed by atoms with E-state index >= 15 is 0 Å². The quantitative estimate of drug-likeness (QED) is 0.857. The number of rotatable bonds is 2. The van der Waals surface area contributed by atoms with E-state index in [4.69, 9.17) is 16.9 Å². The molecule has 0 saturated heterocycles. The third-order valence-electron chi connectivity index (χ3n) is 2.21. The Labute approximate surface area is 116 Å². The second-order valence-electron chi connectivity index (χ2n) is 3.71. The molecule has 1 N–H and O–H groups in total. The summed E-state index contributed by atoms with van der Waals surface area (Å²) in [6.07, 6.45) is -4.68. The van der Waals surface area contributed by atoms with Crippen molar-refractivity contribution in [3.8, 4) is 6.07 Å². The standard InChI is InChI=1S/C12H6ClF3N4/c13-9-5-10(20-11(19-9)12(14,15)16)18-8-3-1-2-7(4-8)6-17/h1-5H,(H,18,19,20). The fraction of sp³-hybridized carbons (Fsp3) is 0.0833. The molecule has 1 aromatic carbocycles. The minimum Gasteiger partial charge on any atom is -0.340 e. The zero-order valence-corrected chi connectivity index (χ0v) is 10.5. The average molecular weight is 299 g/mol. The molecule has 0 spiro atoms. The van der Waals surface area contributed by atoms with Crippen LogP contribution in [0.15, 0.2) is 30.3 Å². The summed E-state index contributed by atoms with van der Waals surface area (Å²) in [6.45, 7) is 0. The Balaban J connectivity index is 2.34. The molecule has 0 saturated carbocycles. The lowest BCUT2D eigenvalue weighted by atomic mass is 10.2. The van der Waals surface area contributed by atoms with Crippen molar-refractivity contribution in [1.29, 1.82) is 5.26 Å². The first kappa shape index (κ1) is 14.1. The van der Waals surface area contributed by atoms with Crippen LogP contribution in [0.2, 0.25) is 5.15 Å². The third-order valence-corrected chi connectivity index (χ3v) is 2.41. The van der Waals surface area contributed by atoms with Gasteiger partial charge >= 0.3 is 6.18 Å². The first-order valence-corrected chi connectivity index (χ1v) is 5.65. The number of hydrogen-bond donors (Lipinski definition) is 1. The first-order valence-electron chi connectivity index (χ1n) is 5.27. The van der Waals surface area contributed by atoms with Crippen LogP contribution in [-0.4, -0.2) is 9.97 Å². The number of halogens is 4. The van der Waals surface area contributed by atoms with Gasteiger partial charge in [-0.25, -0.2) is 9.97 Å². The van der Waals surface area contributed by atoms with Crippen LogP contribution < -0.4 is 5.32 Å². The summed E-state index contributed by atoms with van der Waals surface area (Å²) in [5, 5.41) is 11.1. The summed E-state index contributed by atoms with van der Waals surface area (Å²) < 4.78 is 37.7. The highest BCUT2D eigenvalue weighted by Gasteiger charge is 2.35. The van der Waals surface area contributed by atoms with Crippen LogP contribution in [0.5, 0.6) is 0 Å². The Hall–Kier alpha value is -2.33. The van der Waals surface area contributed by atoms with Gasteiger partial charge in [0.15, 0.2) is 0 Å². The summed E-state index contributed by atoms with van der Waals surface area (Å²) in [6, 6.07) is 9.31. The lowest BCUT2D eigenvalue weighted by Crippen LogP contribution is -2.12. The summed E-state index contributed by atoms with van der Waals surface area (Å²) in [7, 11) is 0. The van der Waals surface area contributed by atoms with E-state index in [9.17, 15) is 13.2 Å². The van der Waals surface area contributed by atoms with Gasteiger partial charge in [0.05, 0.1) is 11.6 Å². The van der Waals surface area contributed by atoms with Crippen molar-refractivity contribution >= 4 is 23.1 Å². The van der Waals surface area contributed by atoms with Crippen molar-refractivity contribution in [3.63, 3.8) is 0 Å². The van der Waals surface area contributed by atoms with Gasteiger partial charge in [-0.3, -0.25) is 0 Å². The largest absolute Gasteiger partial charge is 0.451 e. The second-order valence-corrected chi connectivity index (χ2v) is 4.10. The van der Waals surface area contributed by atoms with E-state index in [-0.39, 0.29) is 11.0 Å². The second kappa shape index (κ2) is 5.35. The maximum Gasteiger partial charge on any atom is 0.451 e. The van der Waals surface area contributed by atoms with Gasteiger partial charge in [-0.05, 0) is 18.2 Å². The number of benzene rings is 1. The minimum absolute atomic E-state index is 0.104. The average Bonchev–Trinajstić information content (AvgIpc) is 2.37. The van der Waals surface area contributed by atoms with Crippen LogP contribution in [0.4, 0.5) is 24.7 Å². The summed E-state index contributed by atoms with van der Waals surface area (Å²) in [5.41, 5.74) is 0.790. The molecule has 0 bridgehead atoms. The molecule has 0 atom stereocenters. The van der Waals surface area contributed by atoms with E-state index in [1.807, 2.05) is 6.07 Å². The molecule has 1 heterocycles. The van der Waals surface area contributed by atoms with Crippen molar-refractivity contribution in [1.82, 2.24) is 9.97 Å². The number of nitrogens with zero attached hydrogens (tertiary/aromatic N) is 3. The van der Waals surface area contributed by atoms with Crippen LogP contribution in [0.3, 0.4) is 0 Å². The molecule has 0 fully saturated rings. The van der Waals surface area contributed by atoms with Crippen LogP contribution in [0.1, 0.15) is 11.4 Å². The van der Waals surface area contributed by atoms with Crippen molar-refractivity contribution in [3.05, 3.63) is 46.9 Å². The van der Waals surface area contributed by atoms with Crippen molar-refractivity contribution in [2.45, 2.75) is 6.18 Å². The van der Waals surface area contributed by atoms with E-state index in [0.717, 1.165) is 6.07 Å². The van der Waals surface area contributed by atoms with Crippen LogP contribution in [-0.2, 0) is 6.18 Å². The number of nitrogens with one attached hydrogen (secondary N) is 1. The van der Waals surface area contributed by atoms with Crippen LogP contribution in [0, 0.1) is 11.3 Å². The topological polar surface area (TPSA) is 61.6 Å². The molecule has 0 unspecified atom stereocenters. The number of aromatic nitrogens is 2. The highest BCUT2D eigenvalue weighted by Crippen LogP contribution is 2.29. The van der Waals surface area contributed by atoms with E-state index in [1.165, 1.54) is 6.07 Å². The Bertz CT molecular complexity index is 679. The van der Waals surface area contributed by atoms with E-state index < -0.39 is 12.0 Å². The smallest absolute Gasteiger partial charge is 0.340 e. The van der Waals surface area contributed by atoms with Gasteiger partial charge in [-0.15, -0.1) is 0 Å². The Morgan fingerprint density at radius 1 is 1.20 bits per heavy atom. The number of alkyl halides is 3. The summed E-state index contributed by atoms with van der Waals surface area (Å²) in [4.78, 5) is 6.46. The van der Waals surface area contributed by atoms with Crippen LogP contribution >= 0.6 is 11.6 Å². The number of hydrogen-bond acceptors (Lipinski definition) is 4. The normalized spacial score (nSPS) is 10.9. The molecule has 8 heteroatoms. The fourth-order valence-electron chi connectivity index (χ4n) is 1.42. The molecule has 2 aromatic rings. The molecule has 1 aromatic heterocycles. The molecule has 0 radical (unpaired) electrons. The van der Waals surface area contributed by atoms with Crippen LogP contribution in [0.25, 0.3) is 0 Å². The number of anilines is 2. The van der Waals surface area contributed by atoms with E-state index in [2.05, 4.69) is 15.3 Å². The first-order chi connectivity index (χ1) is 9.38. The maximum atomic E-state index is 12.6. The van der Waals surface area contributed by atoms with Gasteiger partial charge < -0.3 is 5.32 Å². The van der Waals surface area contributed by atoms with Crippen molar-refractivity contribution in [2.24, 2.45) is 0 Å². The van der Waals surface area contributed by atoms with Gasteiger partial charge in [0.2, 0.25) is 5.82 Å². The highest BCUT2D eigenvalue weighted by molar-refractivity contribution is 6.29. The van der Waals surface area contributed by atoms with Gasteiger partial charge in [0.25, 0.3) is 0 Å². The molecule has 20 heavy (non-hydrogen) atoms. The molecule has 2 rings (SSSR count). The van der Waals surface area contributed by atoms with E-state index in [1.54, 1.807) is 18.2 Å². The summed E-state index contributed by atoms with van der Waals surface area (Å²) in [5.74, 6) is -1.43. The van der Waals surface area contributed by atoms with Crippen molar-refractivity contribution in [2.75, 3.05) is 5.32 Å². The summed E-state index contributed by atoms with van der Waals surface area (Å²) >= 11 is 5.54. The SMILES string of the molecule is N#Cc1cccc(Nc2cc(Cl)nc(C(F)(F)F)n2)c1. The van der Waals surface area contributed by atoms with Crippen molar-refractivity contribution < 1.29 is 13.2 Å². The molecule has 0 aliphatic heterocycles. The molecule has 102 valence electrons. The lowest BCUT2D eigenvalue weighted by molar-refractivity contribution is -0.144. The molecular weight excluding hydrogens is 293 g/mol. The molecule has 4 nitrogen and oxygen atoms in total. The van der Waals surface area contributed by atoms with Gasteiger partial charge in [-0.1, -0.05) is 17.7 Å². The van der Waals surface area contributed by atoms with Gasteiger partial charge in [-0.2, -0.15) is 18.4 Å². The Morgan fingerprint density at radius 2 is 1.95 bits per heavy atom. The molecule has 0 amide bonds. The van der Waals surface area contributed by atoms with Gasteiger partial charge in [0, 0.05) is 11.8 Å². The molecular formula is C12H6ClF3N4. The lowest BCUT2D eigenvalue weighted by Gasteiger charge is -2.09. The Kier molecular flexibility index (Phi) is 3.77. The number of nitriles is 1. The zero-order valence-electron chi connectivity index (χ0n) is 9.74. The monoisotopic (exact) mass is 298 g/mol. The predicted octanol–water partition coefficient (Wildman–Crippen LogP) is 3.76. The maximum absolute atomic E-state index is 12.6. The minimum atomic E-state index is -4.68. The van der Waals surface area contributed by atoms with Gasteiger partial charge in [0.1, 0.15) is 11.0 Å². The predicted molar refractivity (Wildman–Crippen MR) is 66.5 cm³/mol. The molecule has 0 aliphatic rings. The highest BCUT2D eigenvalue weighted by atomic mass is 35.5. The van der Waals surface area contributed by atoms with E-state index in [0.29, 0.717) is 11.3 Å². The third kappa shape index (κ3) is 3.36.